The van der Waals surface area contributed by atoms with Crippen molar-refractivity contribution in [1.29, 1.82) is 0 Å². The van der Waals surface area contributed by atoms with Gasteiger partial charge in [-0.1, -0.05) is 35.9 Å². The van der Waals surface area contributed by atoms with Crippen molar-refractivity contribution < 1.29 is 9.59 Å². The molecule has 0 spiro atoms. The zero-order valence-corrected chi connectivity index (χ0v) is 17.6. The molecule has 0 bridgehead atoms. The maximum Gasteiger partial charge on any atom is 0.268 e. The van der Waals surface area contributed by atoms with E-state index in [2.05, 4.69) is 20.6 Å². The monoisotopic (exact) mass is 425 g/mol. The van der Waals surface area contributed by atoms with Crippen LogP contribution >= 0.6 is 11.6 Å². The van der Waals surface area contributed by atoms with Crippen LogP contribution in [0.3, 0.4) is 0 Å². The van der Waals surface area contributed by atoms with Crippen molar-refractivity contribution in [3.05, 3.63) is 81.8 Å². The van der Waals surface area contributed by atoms with Crippen LogP contribution in [0.15, 0.2) is 48.7 Å². The molecule has 1 atom stereocenters. The van der Waals surface area contributed by atoms with E-state index in [-0.39, 0.29) is 24.8 Å². The Morgan fingerprint density at radius 3 is 2.60 bits per heavy atom. The van der Waals surface area contributed by atoms with Crippen LogP contribution in [0.1, 0.15) is 32.9 Å². The lowest BCUT2D eigenvalue weighted by Gasteiger charge is -2.19. The number of halogens is 1. The fourth-order valence-corrected chi connectivity index (χ4v) is 3.35. The molecule has 0 saturated carbocycles. The fourth-order valence-electron chi connectivity index (χ4n) is 3.14. The van der Waals surface area contributed by atoms with Crippen LogP contribution in [0.5, 0.6) is 0 Å². The summed E-state index contributed by atoms with van der Waals surface area (Å²) in [7, 11) is 0. The van der Waals surface area contributed by atoms with Gasteiger partial charge in [0.1, 0.15) is 17.6 Å². The predicted molar refractivity (Wildman–Crippen MR) is 117 cm³/mol. The van der Waals surface area contributed by atoms with Crippen LogP contribution in [0.25, 0.3) is 0 Å². The number of hydrogen-bond donors (Lipinski definition) is 4. The molecule has 0 aliphatic heterocycles. The van der Waals surface area contributed by atoms with Gasteiger partial charge in [0, 0.05) is 29.9 Å². The molecule has 2 heterocycles. The second kappa shape index (κ2) is 9.45. The number of benzene rings is 1. The third kappa shape index (κ3) is 5.39. The number of carbonyl (C=O) groups excluding carboxylic acids is 2. The van der Waals surface area contributed by atoms with E-state index in [1.807, 2.05) is 38.1 Å². The van der Waals surface area contributed by atoms with Gasteiger partial charge in [0.15, 0.2) is 0 Å². The van der Waals surface area contributed by atoms with E-state index in [4.69, 9.17) is 17.3 Å². The molecule has 0 unspecified atom stereocenters. The molecule has 2 aromatic heterocycles. The molecule has 156 valence electrons. The third-order valence-corrected chi connectivity index (χ3v) is 5.06. The highest BCUT2D eigenvalue weighted by Crippen LogP contribution is 2.17. The van der Waals surface area contributed by atoms with Crippen LogP contribution in [-0.2, 0) is 17.8 Å². The van der Waals surface area contributed by atoms with E-state index in [0.717, 1.165) is 22.4 Å². The maximum atomic E-state index is 12.9. The second-order valence-corrected chi connectivity index (χ2v) is 7.55. The SMILES string of the molecule is Cc1cc(C)c(C(=O)N[C@@H](Cc2ccccc2Cl)C(=O)NCc2ccc(N)nc2)[nH]1. The lowest BCUT2D eigenvalue weighted by Crippen LogP contribution is -2.48. The molecule has 2 amide bonds. The number of nitrogens with two attached hydrogens (primary N) is 1. The lowest BCUT2D eigenvalue weighted by atomic mass is 10.0. The Morgan fingerprint density at radius 1 is 1.20 bits per heavy atom. The summed E-state index contributed by atoms with van der Waals surface area (Å²) in [5, 5.41) is 6.22. The molecule has 0 aliphatic carbocycles. The average Bonchev–Trinajstić information content (AvgIpc) is 3.06. The van der Waals surface area contributed by atoms with Gasteiger partial charge in [-0.15, -0.1) is 0 Å². The van der Waals surface area contributed by atoms with Gasteiger partial charge in [0.05, 0.1) is 0 Å². The highest BCUT2D eigenvalue weighted by molar-refractivity contribution is 6.31. The Labute approximate surface area is 180 Å². The summed E-state index contributed by atoms with van der Waals surface area (Å²) in [4.78, 5) is 32.8. The molecule has 3 aromatic rings. The molecule has 3 rings (SSSR count). The van der Waals surface area contributed by atoms with Crippen LogP contribution in [0.4, 0.5) is 5.82 Å². The molecular weight excluding hydrogens is 402 g/mol. The van der Waals surface area contributed by atoms with Gasteiger partial charge in [0.2, 0.25) is 5.91 Å². The quantitative estimate of drug-likeness (QED) is 0.466. The number of rotatable bonds is 7. The van der Waals surface area contributed by atoms with Crippen molar-refractivity contribution in [1.82, 2.24) is 20.6 Å². The van der Waals surface area contributed by atoms with Gasteiger partial charge < -0.3 is 21.4 Å². The number of hydrogen-bond acceptors (Lipinski definition) is 4. The number of aromatic nitrogens is 2. The molecular formula is C22H24ClN5O2. The number of nitrogen functional groups attached to an aromatic ring is 1. The Morgan fingerprint density at radius 2 is 1.97 bits per heavy atom. The topological polar surface area (TPSA) is 113 Å². The number of pyridine rings is 1. The summed E-state index contributed by atoms with van der Waals surface area (Å²) in [5.41, 5.74) is 9.29. The molecule has 1 aromatic carbocycles. The van der Waals surface area contributed by atoms with Gasteiger partial charge in [-0.2, -0.15) is 0 Å². The normalized spacial score (nSPS) is 11.7. The number of carbonyl (C=O) groups is 2. The summed E-state index contributed by atoms with van der Waals surface area (Å²) in [6.07, 6.45) is 1.86. The fraction of sp³-hybridized carbons (Fsp3) is 0.227. The highest BCUT2D eigenvalue weighted by Gasteiger charge is 2.24. The number of aromatic amines is 1. The van der Waals surface area contributed by atoms with Crippen LogP contribution in [-0.4, -0.2) is 27.8 Å². The molecule has 8 heteroatoms. The van der Waals surface area contributed by atoms with E-state index >= 15 is 0 Å². The third-order valence-electron chi connectivity index (χ3n) is 4.69. The summed E-state index contributed by atoms with van der Waals surface area (Å²) in [6.45, 7) is 3.98. The number of amides is 2. The zero-order chi connectivity index (χ0) is 21.7. The van der Waals surface area contributed by atoms with Crippen molar-refractivity contribution in [2.45, 2.75) is 32.9 Å². The van der Waals surface area contributed by atoms with Gasteiger partial charge >= 0.3 is 0 Å². The second-order valence-electron chi connectivity index (χ2n) is 7.14. The van der Waals surface area contributed by atoms with E-state index < -0.39 is 6.04 Å². The molecule has 7 nitrogen and oxygen atoms in total. The lowest BCUT2D eigenvalue weighted by molar-refractivity contribution is -0.123. The summed E-state index contributed by atoms with van der Waals surface area (Å²) < 4.78 is 0. The Bertz CT molecular complexity index is 1050. The standard InChI is InChI=1S/C22H24ClN5O2/c1-13-9-14(2)27-20(13)22(30)28-18(10-16-5-3-4-6-17(16)23)21(29)26-12-15-7-8-19(24)25-11-15/h3-9,11,18,27H,10,12H2,1-2H3,(H2,24,25)(H,26,29)(H,28,30)/t18-/m0/s1. The van der Waals surface area contributed by atoms with Crippen LogP contribution in [0.2, 0.25) is 5.02 Å². The van der Waals surface area contributed by atoms with Gasteiger partial charge in [-0.05, 0) is 48.7 Å². The first kappa shape index (κ1) is 21.4. The van der Waals surface area contributed by atoms with Gasteiger partial charge in [0.25, 0.3) is 5.91 Å². The largest absolute Gasteiger partial charge is 0.384 e. The minimum atomic E-state index is -0.804. The first-order valence-electron chi connectivity index (χ1n) is 9.52. The van der Waals surface area contributed by atoms with E-state index in [0.29, 0.717) is 16.5 Å². The minimum absolute atomic E-state index is 0.260. The summed E-state index contributed by atoms with van der Waals surface area (Å²) >= 11 is 6.27. The molecule has 30 heavy (non-hydrogen) atoms. The van der Waals surface area contributed by atoms with Crippen molar-refractivity contribution in [2.24, 2.45) is 0 Å². The number of H-pyrrole nitrogens is 1. The van der Waals surface area contributed by atoms with Crippen LogP contribution < -0.4 is 16.4 Å². The number of aryl methyl sites for hydroxylation is 2. The number of nitrogens with zero attached hydrogens (tertiary/aromatic N) is 1. The Kier molecular flexibility index (Phi) is 6.74. The smallest absolute Gasteiger partial charge is 0.268 e. The Hall–Kier alpha value is -3.32. The summed E-state index contributed by atoms with van der Waals surface area (Å²) in [5.74, 6) is -0.256. The minimum Gasteiger partial charge on any atom is -0.384 e. The van der Waals surface area contributed by atoms with Crippen LogP contribution in [0, 0.1) is 13.8 Å². The maximum absolute atomic E-state index is 12.9. The van der Waals surface area contributed by atoms with Crippen molar-refractivity contribution in [3.63, 3.8) is 0 Å². The van der Waals surface area contributed by atoms with Crippen molar-refractivity contribution in [2.75, 3.05) is 5.73 Å². The number of anilines is 1. The molecule has 5 N–H and O–H groups in total. The van der Waals surface area contributed by atoms with Gasteiger partial charge in [-0.25, -0.2) is 4.98 Å². The Balaban J connectivity index is 1.76. The summed E-state index contributed by atoms with van der Waals surface area (Å²) in [6, 6.07) is 11.8. The molecule has 0 radical (unpaired) electrons. The highest BCUT2D eigenvalue weighted by atomic mass is 35.5. The van der Waals surface area contributed by atoms with E-state index in [1.165, 1.54) is 0 Å². The predicted octanol–water partition coefficient (Wildman–Crippen LogP) is 2.92. The van der Waals surface area contributed by atoms with E-state index in [9.17, 15) is 9.59 Å². The molecule has 0 saturated heterocycles. The molecule has 0 fully saturated rings. The van der Waals surface area contributed by atoms with Crippen molar-refractivity contribution in [3.8, 4) is 0 Å². The first-order chi connectivity index (χ1) is 14.3. The zero-order valence-electron chi connectivity index (χ0n) is 16.8. The van der Waals surface area contributed by atoms with E-state index in [1.54, 1.807) is 24.4 Å². The number of nitrogens with one attached hydrogen (secondary N) is 3. The first-order valence-corrected chi connectivity index (χ1v) is 9.90. The van der Waals surface area contributed by atoms with Crippen molar-refractivity contribution >= 4 is 29.2 Å². The average molecular weight is 426 g/mol. The van der Waals surface area contributed by atoms with Gasteiger partial charge in [-0.3, -0.25) is 9.59 Å². The molecule has 0 aliphatic rings.